The zero-order valence-corrected chi connectivity index (χ0v) is 12.5. The summed E-state index contributed by atoms with van der Waals surface area (Å²) in [5.74, 6) is 0.163. The van der Waals surface area contributed by atoms with Gasteiger partial charge in [-0.15, -0.1) is 10.2 Å². The van der Waals surface area contributed by atoms with Crippen LogP contribution in [-0.4, -0.2) is 36.7 Å². The molecule has 2 aromatic rings. The second kappa shape index (κ2) is 5.84. The predicted molar refractivity (Wildman–Crippen MR) is 77.5 cm³/mol. The van der Waals surface area contributed by atoms with Crippen molar-refractivity contribution in [1.29, 1.82) is 5.26 Å². The lowest BCUT2D eigenvalue weighted by atomic mass is 10.3. The second-order valence-electron chi connectivity index (χ2n) is 4.22. The molecule has 2 rings (SSSR count). The molecule has 9 nitrogen and oxygen atoms in total. The van der Waals surface area contributed by atoms with Crippen molar-refractivity contribution < 1.29 is 4.79 Å². The van der Waals surface area contributed by atoms with Gasteiger partial charge in [0.15, 0.2) is 5.16 Å². The van der Waals surface area contributed by atoms with Gasteiger partial charge in [0.25, 0.3) is 0 Å². The van der Waals surface area contributed by atoms with Gasteiger partial charge in [-0.25, -0.2) is 0 Å². The number of rotatable bonds is 4. The van der Waals surface area contributed by atoms with Crippen molar-refractivity contribution in [2.75, 3.05) is 17.3 Å². The van der Waals surface area contributed by atoms with E-state index in [1.54, 1.807) is 14.0 Å². The molecule has 110 valence electrons. The Bertz CT molecular complexity index is 712. The third-order valence-electron chi connectivity index (χ3n) is 2.94. The van der Waals surface area contributed by atoms with Gasteiger partial charge in [0, 0.05) is 7.05 Å². The van der Waals surface area contributed by atoms with Crippen LogP contribution in [0.2, 0.25) is 0 Å². The number of aryl methyl sites for hydroxylation is 1. The van der Waals surface area contributed by atoms with E-state index in [0.29, 0.717) is 16.5 Å². The van der Waals surface area contributed by atoms with Gasteiger partial charge in [0.05, 0.1) is 6.20 Å². The first-order valence-electron chi connectivity index (χ1n) is 5.97. The van der Waals surface area contributed by atoms with Crippen LogP contribution in [0.3, 0.4) is 0 Å². The maximum absolute atomic E-state index is 12.3. The van der Waals surface area contributed by atoms with Crippen LogP contribution in [0.5, 0.6) is 0 Å². The summed E-state index contributed by atoms with van der Waals surface area (Å²) in [6.45, 7) is 1.68. The molecule has 0 aromatic carbocycles. The van der Waals surface area contributed by atoms with Crippen LogP contribution in [0, 0.1) is 11.3 Å². The first kappa shape index (κ1) is 14.9. The largest absolute Gasteiger partial charge is 0.368 e. The summed E-state index contributed by atoms with van der Waals surface area (Å²) in [4.78, 5) is 12.3. The van der Waals surface area contributed by atoms with Gasteiger partial charge in [-0.1, -0.05) is 11.8 Å². The van der Waals surface area contributed by atoms with E-state index < -0.39 is 6.04 Å². The lowest BCUT2D eigenvalue weighted by Gasteiger charge is -2.16. The highest BCUT2D eigenvalue weighted by molar-refractivity contribution is 7.98. The van der Waals surface area contributed by atoms with Gasteiger partial charge >= 0.3 is 0 Å². The SMILES string of the molecule is CSc1nnc(N)n1C(C)C(=O)Nc1c(C#N)cnn1C. The lowest BCUT2D eigenvalue weighted by Crippen LogP contribution is -2.26. The number of hydrogen-bond donors (Lipinski definition) is 2. The van der Waals surface area contributed by atoms with Crippen molar-refractivity contribution in [3.63, 3.8) is 0 Å². The quantitative estimate of drug-likeness (QED) is 0.782. The number of carbonyl (C=O) groups is 1. The second-order valence-corrected chi connectivity index (χ2v) is 5.00. The fraction of sp³-hybridized carbons (Fsp3) is 0.364. The fourth-order valence-corrected chi connectivity index (χ4v) is 2.37. The highest BCUT2D eigenvalue weighted by Gasteiger charge is 2.23. The Hall–Kier alpha value is -2.54. The first-order chi connectivity index (χ1) is 9.99. The van der Waals surface area contributed by atoms with E-state index in [9.17, 15) is 4.79 Å². The fourth-order valence-electron chi connectivity index (χ4n) is 1.80. The zero-order chi connectivity index (χ0) is 15.6. The van der Waals surface area contributed by atoms with Crippen LogP contribution in [0.15, 0.2) is 11.4 Å². The number of nitriles is 1. The molecule has 0 saturated heterocycles. The van der Waals surface area contributed by atoms with E-state index in [4.69, 9.17) is 11.0 Å². The van der Waals surface area contributed by atoms with Crippen molar-refractivity contribution in [2.24, 2.45) is 7.05 Å². The van der Waals surface area contributed by atoms with Crippen LogP contribution in [0.1, 0.15) is 18.5 Å². The number of carbonyl (C=O) groups excluding carboxylic acids is 1. The number of thioether (sulfide) groups is 1. The summed E-state index contributed by atoms with van der Waals surface area (Å²) in [7, 11) is 1.64. The molecule has 3 N–H and O–H groups in total. The van der Waals surface area contributed by atoms with E-state index in [1.165, 1.54) is 27.2 Å². The van der Waals surface area contributed by atoms with E-state index in [2.05, 4.69) is 20.6 Å². The van der Waals surface area contributed by atoms with Crippen molar-refractivity contribution in [2.45, 2.75) is 18.1 Å². The molecule has 0 spiro atoms. The monoisotopic (exact) mass is 306 g/mol. The normalized spacial score (nSPS) is 11.9. The summed E-state index contributed by atoms with van der Waals surface area (Å²) in [5.41, 5.74) is 6.03. The van der Waals surface area contributed by atoms with E-state index in [0.717, 1.165) is 0 Å². The zero-order valence-electron chi connectivity index (χ0n) is 11.7. The molecule has 1 atom stereocenters. The van der Waals surface area contributed by atoms with E-state index in [1.807, 2.05) is 12.3 Å². The molecule has 0 fully saturated rings. The molecule has 1 amide bonds. The summed E-state index contributed by atoms with van der Waals surface area (Å²) in [5, 5.41) is 23.8. The Balaban J connectivity index is 2.26. The van der Waals surface area contributed by atoms with E-state index >= 15 is 0 Å². The number of hydrogen-bond acceptors (Lipinski definition) is 7. The molecule has 0 aliphatic carbocycles. The van der Waals surface area contributed by atoms with Gasteiger partial charge < -0.3 is 11.1 Å². The molecule has 2 heterocycles. The number of nitrogens with one attached hydrogen (secondary N) is 1. The molecule has 0 radical (unpaired) electrons. The minimum absolute atomic E-state index is 0.160. The van der Waals surface area contributed by atoms with Gasteiger partial charge in [0.2, 0.25) is 11.9 Å². The number of nitrogens with two attached hydrogens (primary N) is 1. The molecule has 21 heavy (non-hydrogen) atoms. The molecule has 0 bridgehead atoms. The highest BCUT2D eigenvalue weighted by Crippen LogP contribution is 2.22. The number of nitrogens with zero attached hydrogens (tertiary/aromatic N) is 6. The molecule has 0 saturated carbocycles. The van der Waals surface area contributed by atoms with Gasteiger partial charge in [-0.05, 0) is 13.2 Å². The topological polar surface area (TPSA) is 127 Å². The molecular formula is C11H14N8OS. The lowest BCUT2D eigenvalue weighted by molar-refractivity contribution is -0.119. The minimum atomic E-state index is -0.621. The predicted octanol–water partition coefficient (Wildman–Crippen LogP) is 0.387. The van der Waals surface area contributed by atoms with Crippen molar-refractivity contribution in [3.8, 4) is 6.07 Å². The third kappa shape index (κ3) is 2.68. The molecule has 2 aromatic heterocycles. The minimum Gasteiger partial charge on any atom is -0.368 e. The number of anilines is 2. The summed E-state index contributed by atoms with van der Waals surface area (Å²) >= 11 is 1.34. The Morgan fingerprint density at radius 3 is 2.90 bits per heavy atom. The van der Waals surface area contributed by atoms with Crippen LogP contribution < -0.4 is 11.1 Å². The Morgan fingerprint density at radius 2 is 2.29 bits per heavy atom. The molecule has 10 heteroatoms. The average Bonchev–Trinajstić information content (AvgIpc) is 3.01. The van der Waals surface area contributed by atoms with Crippen molar-refractivity contribution in [1.82, 2.24) is 24.5 Å². The standard InChI is InChI=1S/C11H14N8OS/c1-6(19-10(13)16-17-11(19)21-3)9(20)15-8-7(4-12)5-14-18(8)2/h5-6H,1-3H3,(H2,13,16)(H,15,20). The number of amides is 1. The van der Waals surface area contributed by atoms with E-state index in [-0.39, 0.29) is 11.9 Å². The van der Waals surface area contributed by atoms with Crippen LogP contribution >= 0.6 is 11.8 Å². The molecular weight excluding hydrogens is 292 g/mol. The summed E-state index contributed by atoms with van der Waals surface area (Å²) in [6, 6.07) is 1.35. The Morgan fingerprint density at radius 1 is 1.57 bits per heavy atom. The summed E-state index contributed by atoms with van der Waals surface area (Å²) < 4.78 is 2.95. The maximum Gasteiger partial charge on any atom is 0.248 e. The van der Waals surface area contributed by atoms with Crippen molar-refractivity contribution >= 4 is 29.4 Å². The molecule has 1 unspecified atom stereocenters. The van der Waals surface area contributed by atoms with Crippen LogP contribution in [0.25, 0.3) is 0 Å². The average molecular weight is 306 g/mol. The van der Waals surface area contributed by atoms with Crippen LogP contribution in [-0.2, 0) is 11.8 Å². The van der Waals surface area contributed by atoms with Gasteiger partial charge in [-0.3, -0.25) is 14.0 Å². The smallest absolute Gasteiger partial charge is 0.248 e. The Labute approximate surface area is 125 Å². The Kier molecular flexibility index (Phi) is 4.13. The van der Waals surface area contributed by atoms with Crippen LogP contribution in [0.4, 0.5) is 11.8 Å². The van der Waals surface area contributed by atoms with Crippen molar-refractivity contribution in [3.05, 3.63) is 11.8 Å². The third-order valence-corrected chi connectivity index (χ3v) is 3.58. The molecule has 0 aliphatic rings. The highest BCUT2D eigenvalue weighted by atomic mass is 32.2. The van der Waals surface area contributed by atoms with Gasteiger partial charge in [0.1, 0.15) is 23.5 Å². The number of nitrogen functional groups attached to an aromatic ring is 1. The summed E-state index contributed by atoms with van der Waals surface area (Å²) in [6.07, 6.45) is 3.21. The molecule has 0 aliphatic heterocycles. The van der Waals surface area contributed by atoms with Gasteiger partial charge in [-0.2, -0.15) is 10.4 Å². The maximum atomic E-state index is 12.3. The number of aromatic nitrogens is 5. The first-order valence-corrected chi connectivity index (χ1v) is 7.19.